The van der Waals surface area contributed by atoms with Gasteiger partial charge in [0.25, 0.3) is 0 Å². The van der Waals surface area contributed by atoms with Crippen LogP contribution < -0.4 is 5.32 Å². The van der Waals surface area contributed by atoms with Crippen molar-refractivity contribution >= 4 is 48.7 Å². The average Bonchev–Trinajstić information content (AvgIpc) is 3.01. The van der Waals surface area contributed by atoms with Crippen molar-refractivity contribution in [1.82, 2.24) is 5.32 Å². The number of thiophene rings is 2. The molecule has 0 aliphatic heterocycles. The van der Waals surface area contributed by atoms with Crippen molar-refractivity contribution in [2.45, 2.75) is 6.04 Å². The first-order valence-corrected chi connectivity index (χ1v) is 8.28. The van der Waals surface area contributed by atoms with Gasteiger partial charge in [-0.1, -0.05) is 12.1 Å². The first-order valence-electron chi connectivity index (χ1n) is 5.66. The SMILES string of the molecule is CNC(c1ccsc1)c1csc2c(Br)cccc12. The van der Waals surface area contributed by atoms with E-state index in [9.17, 15) is 0 Å². The topological polar surface area (TPSA) is 12.0 Å². The molecule has 0 bridgehead atoms. The molecule has 1 atom stereocenters. The Morgan fingerprint density at radius 3 is 2.83 bits per heavy atom. The highest BCUT2D eigenvalue weighted by atomic mass is 79.9. The fourth-order valence-corrected chi connectivity index (χ4v) is 4.54. The van der Waals surface area contributed by atoms with Gasteiger partial charge in [0, 0.05) is 9.17 Å². The van der Waals surface area contributed by atoms with Crippen molar-refractivity contribution in [2.24, 2.45) is 0 Å². The van der Waals surface area contributed by atoms with Gasteiger partial charge in [0.15, 0.2) is 0 Å². The second-order valence-corrected chi connectivity index (χ2v) is 6.60. The van der Waals surface area contributed by atoms with Gasteiger partial charge in [-0.25, -0.2) is 0 Å². The van der Waals surface area contributed by atoms with Gasteiger partial charge in [-0.2, -0.15) is 11.3 Å². The van der Waals surface area contributed by atoms with E-state index >= 15 is 0 Å². The number of benzene rings is 1. The lowest BCUT2D eigenvalue weighted by atomic mass is 10.0. The molecule has 1 N–H and O–H groups in total. The predicted octanol–water partition coefficient (Wildman–Crippen LogP) is 5.03. The minimum atomic E-state index is 0.277. The molecule has 3 rings (SSSR count). The Labute approximate surface area is 123 Å². The summed E-state index contributed by atoms with van der Waals surface area (Å²) in [6.07, 6.45) is 0. The van der Waals surface area contributed by atoms with E-state index in [1.54, 1.807) is 22.7 Å². The molecule has 2 heterocycles. The lowest BCUT2D eigenvalue weighted by Crippen LogP contribution is -2.16. The number of rotatable bonds is 3. The van der Waals surface area contributed by atoms with Crippen LogP contribution in [0.1, 0.15) is 17.2 Å². The van der Waals surface area contributed by atoms with Gasteiger partial charge >= 0.3 is 0 Å². The van der Waals surface area contributed by atoms with Crippen LogP contribution in [-0.4, -0.2) is 7.05 Å². The van der Waals surface area contributed by atoms with Gasteiger partial charge in [0.1, 0.15) is 0 Å². The molecule has 4 heteroatoms. The number of halogens is 1. The largest absolute Gasteiger partial charge is 0.309 e. The summed E-state index contributed by atoms with van der Waals surface area (Å²) in [5, 5.41) is 11.3. The van der Waals surface area contributed by atoms with Crippen molar-refractivity contribution in [3.8, 4) is 0 Å². The van der Waals surface area contributed by atoms with E-state index in [1.807, 2.05) is 7.05 Å². The molecule has 0 spiro atoms. The Kier molecular flexibility index (Phi) is 3.52. The molecule has 0 radical (unpaired) electrons. The smallest absolute Gasteiger partial charge is 0.0596 e. The second-order valence-electron chi connectivity index (χ2n) is 4.09. The molecular weight excluding hydrogens is 326 g/mol. The van der Waals surface area contributed by atoms with Gasteiger partial charge in [0.2, 0.25) is 0 Å². The third-order valence-electron chi connectivity index (χ3n) is 3.06. The molecule has 1 aromatic carbocycles. The highest BCUT2D eigenvalue weighted by Gasteiger charge is 2.17. The maximum absolute atomic E-state index is 3.62. The molecule has 0 amide bonds. The van der Waals surface area contributed by atoms with E-state index in [0.717, 1.165) is 0 Å². The lowest BCUT2D eigenvalue weighted by Gasteiger charge is -2.14. The Hall–Kier alpha value is -0.680. The maximum Gasteiger partial charge on any atom is 0.0596 e. The minimum absolute atomic E-state index is 0.277. The summed E-state index contributed by atoms with van der Waals surface area (Å²) in [7, 11) is 2.02. The fraction of sp³-hybridized carbons (Fsp3) is 0.143. The van der Waals surface area contributed by atoms with Crippen LogP contribution in [-0.2, 0) is 0 Å². The summed E-state index contributed by atoms with van der Waals surface area (Å²) in [4.78, 5) is 0. The van der Waals surface area contributed by atoms with Crippen molar-refractivity contribution in [2.75, 3.05) is 7.05 Å². The van der Waals surface area contributed by atoms with Crippen LogP contribution >= 0.6 is 38.6 Å². The lowest BCUT2D eigenvalue weighted by molar-refractivity contribution is 0.701. The minimum Gasteiger partial charge on any atom is -0.309 e. The number of hydrogen-bond donors (Lipinski definition) is 1. The molecule has 0 fully saturated rings. The molecule has 0 saturated carbocycles. The summed E-state index contributed by atoms with van der Waals surface area (Å²) < 4.78 is 2.50. The van der Waals surface area contributed by atoms with Crippen molar-refractivity contribution in [1.29, 1.82) is 0 Å². The number of fused-ring (bicyclic) bond motifs is 1. The molecule has 2 aromatic heterocycles. The average molecular weight is 338 g/mol. The van der Waals surface area contributed by atoms with E-state index in [1.165, 1.54) is 25.7 Å². The van der Waals surface area contributed by atoms with Gasteiger partial charge < -0.3 is 5.32 Å². The summed E-state index contributed by atoms with van der Waals surface area (Å²) in [5.41, 5.74) is 2.69. The quantitative estimate of drug-likeness (QED) is 0.706. The third kappa shape index (κ3) is 2.03. The zero-order valence-electron chi connectivity index (χ0n) is 9.81. The molecule has 1 nitrogen and oxygen atoms in total. The van der Waals surface area contributed by atoms with Crippen LogP contribution in [0.2, 0.25) is 0 Å². The molecule has 0 saturated heterocycles. The van der Waals surface area contributed by atoms with Gasteiger partial charge in [-0.05, 0) is 67.8 Å². The first-order chi connectivity index (χ1) is 8.81. The Balaban J connectivity index is 2.16. The second kappa shape index (κ2) is 5.13. The van der Waals surface area contributed by atoms with E-state index in [2.05, 4.69) is 61.7 Å². The predicted molar refractivity (Wildman–Crippen MR) is 84.7 cm³/mol. The highest BCUT2D eigenvalue weighted by Crippen LogP contribution is 2.37. The van der Waals surface area contributed by atoms with Crippen LogP contribution in [0.15, 0.2) is 44.9 Å². The Morgan fingerprint density at radius 2 is 2.11 bits per heavy atom. The summed E-state index contributed by atoms with van der Waals surface area (Å²) in [6, 6.07) is 8.86. The summed E-state index contributed by atoms with van der Waals surface area (Å²) in [5.74, 6) is 0. The van der Waals surface area contributed by atoms with E-state index in [0.29, 0.717) is 0 Å². The molecular formula is C14H12BrNS2. The maximum atomic E-state index is 3.62. The van der Waals surface area contributed by atoms with Crippen LogP contribution in [0.25, 0.3) is 10.1 Å². The van der Waals surface area contributed by atoms with E-state index in [4.69, 9.17) is 0 Å². The van der Waals surface area contributed by atoms with Crippen LogP contribution in [0.4, 0.5) is 0 Å². The van der Waals surface area contributed by atoms with Gasteiger partial charge in [0.05, 0.1) is 6.04 Å². The molecule has 0 aliphatic carbocycles. The van der Waals surface area contributed by atoms with Gasteiger partial charge in [-0.3, -0.25) is 0 Å². The zero-order valence-corrected chi connectivity index (χ0v) is 13.0. The van der Waals surface area contributed by atoms with Crippen molar-refractivity contribution in [3.63, 3.8) is 0 Å². The Bertz CT molecular complexity index is 658. The molecule has 3 aromatic rings. The first kappa shape index (κ1) is 12.4. The van der Waals surface area contributed by atoms with Crippen LogP contribution in [0.5, 0.6) is 0 Å². The molecule has 0 aliphatic rings. The number of hydrogen-bond acceptors (Lipinski definition) is 3. The van der Waals surface area contributed by atoms with Crippen LogP contribution in [0.3, 0.4) is 0 Å². The summed E-state index contributed by atoms with van der Waals surface area (Å²) >= 11 is 7.16. The molecule has 92 valence electrons. The molecule has 18 heavy (non-hydrogen) atoms. The highest BCUT2D eigenvalue weighted by molar-refractivity contribution is 9.10. The normalized spacial score (nSPS) is 13.0. The van der Waals surface area contributed by atoms with E-state index in [-0.39, 0.29) is 6.04 Å². The van der Waals surface area contributed by atoms with Crippen LogP contribution in [0, 0.1) is 0 Å². The van der Waals surface area contributed by atoms with Crippen molar-refractivity contribution in [3.05, 3.63) is 56.0 Å². The zero-order chi connectivity index (χ0) is 12.5. The number of nitrogens with one attached hydrogen (secondary N) is 1. The third-order valence-corrected chi connectivity index (χ3v) is 5.73. The molecule has 1 unspecified atom stereocenters. The Morgan fingerprint density at radius 1 is 1.22 bits per heavy atom. The van der Waals surface area contributed by atoms with Gasteiger partial charge in [-0.15, -0.1) is 11.3 Å². The summed E-state index contributed by atoms with van der Waals surface area (Å²) in [6.45, 7) is 0. The van der Waals surface area contributed by atoms with E-state index < -0.39 is 0 Å². The standard InChI is InChI=1S/C14H12BrNS2/c1-16-13(9-5-6-17-7-9)11-8-18-14-10(11)3-2-4-12(14)15/h2-8,13,16H,1H3. The van der Waals surface area contributed by atoms with Crippen molar-refractivity contribution < 1.29 is 0 Å². The fourth-order valence-electron chi connectivity index (χ4n) is 2.21. The monoisotopic (exact) mass is 337 g/mol.